The molecule has 0 unspecified atom stereocenters. The molecule has 3 rings (SSSR count). The SMILES string of the molecule is O=C(CCn1c(=O)oc2cc(Cl)ccc21)NC1CCCC1. The third kappa shape index (κ3) is 3.13. The predicted molar refractivity (Wildman–Crippen MR) is 80.5 cm³/mol. The summed E-state index contributed by atoms with van der Waals surface area (Å²) >= 11 is 5.87. The van der Waals surface area contributed by atoms with Gasteiger partial charge in [-0.15, -0.1) is 0 Å². The topological polar surface area (TPSA) is 64.2 Å². The fourth-order valence-electron chi connectivity index (χ4n) is 2.84. The van der Waals surface area contributed by atoms with E-state index in [-0.39, 0.29) is 12.3 Å². The van der Waals surface area contributed by atoms with Crippen LogP contribution in [0.1, 0.15) is 32.1 Å². The average molecular weight is 309 g/mol. The zero-order chi connectivity index (χ0) is 14.8. The number of carbonyl (C=O) groups is 1. The summed E-state index contributed by atoms with van der Waals surface area (Å²) in [4.78, 5) is 23.7. The van der Waals surface area contributed by atoms with Crippen LogP contribution in [-0.4, -0.2) is 16.5 Å². The lowest BCUT2D eigenvalue weighted by atomic mass is 10.2. The fraction of sp³-hybridized carbons (Fsp3) is 0.467. The first kappa shape index (κ1) is 14.2. The third-order valence-electron chi connectivity index (χ3n) is 3.91. The van der Waals surface area contributed by atoms with Crippen LogP contribution in [0.3, 0.4) is 0 Å². The number of hydrogen-bond donors (Lipinski definition) is 1. The number of rotatable bonds is 4. The van der Waals surface area contributed by atoms with Crippen LogP contribution in [0, 0.1) is 0 Å². The number of hydrogen-bond acceptors (Lipinski definition) is 3. The van der Waals surface area contributed by atoms with E-state index in [1.165, 1.54) is 17.4 Å². The first-order chi connectivity index (χ1) is 10.1. The molecule has 0 saturated heterocycles. The maximum absolute atomic E-state index is 11.9. The number of aryl methyl sites for hydroxylation is 1. The van der Waals surface area contributed by atoms with Crippen LogP contribution in [0.15, 0.2) is 27.4 Å². The molecule has 1 N–H and O–H groups in total. The van der Waals surface area contributed by atoms with Gasteiger partial charge in [-0.25, -0.2) is 4.79 Å². The second-order valence-electron chi connectivity index (χ2n) is 5.43. The van der Waals surface area contributed by atoms with Crippen molar-refractivity contribution in [2.24, 2.45) is 0 Å². The molecular weight excluding hydrogens is 292 g/mol. The van der Waals surface area contributed by atoms with E-state index in [2.05, 4.69) is 5.32 Å². The molecule has 0 aliphatic heterocycles. The van der Waals surface area contributed by atoms with Crippen molar-refractivity contribution in [3.63, 3.8) is 0 Å². The maximum Gasteiger partial charge on any atom is 0.419 e. The lowest BCUT2D eigenvalue weighted by Crippen LogP contribution is -2.33. The van der Waals surface area contributed by atoms with Gasteiger partial charge in [-0.05, 0) is 25.0 Å². The van der Waals surface area contributed by atoms with E-state index in [0.29, 0.717) is 28.7 Å². The van der Waals surface area contributed by atoms with Crippen molar-refractivity contribution in [1.29, 1.82) is 0 Å². The van der Waals surface area contributed by atoms with Crippen molar-refractivity contribution >= 4 is 28.6 Å². The van der Waals surface area contributed by atoms with E-state index in [0.717, 1.165) is 12.8 Å². The van der Waals surface area contributed by atoms with Gasteiger partial charge in [0, 0.05) is 30.1 Å². The van der Waals surface area contributed by atoms with Gasteiger partial charge in [-0.1, -0.05) is 24.4 Å². The molecule has 0 atom stereocenters. The number of fused-ring (bicyclic) bond motifs is 1. The number of benzene rings is 1. The Hall–Kier alpha value is -1.75. The van der Waals surface area contributed by atoms with E-state index >= 15 is 0 Å². The molecule has 1 aliphatic carbocycles. The monoisotopic (exact) mass is 308 g/mol. The van der Waals surface area contributed by atoms with Crippen LogP contribution in [0.25, 0.3) is 11.1 Å². The van der Waals surface area contributed by atoms with Gasteiger partial charge in [0.1, 0.15) is 0 Å². The third-order valence-corrected chi connectivity index (χ3v) is 4.15. The molecule has 1 aromatic carbocycles. The zero-order valence-electron chi connectivity index (χ0n) is 11.6. The molecule has 5 nitrogen and oxygen atoms in total. The van der Waals surface area contributed by atoms with Gasteiger partial charge >= 0.3 is 5.76 Å². The molecule has 1 fully saturated rings. The van der Waals surface area contributed by atoms with Crippen molar-refractivity contribution < 1.29 is 9.21 Å². The first-order valence-electron chi connectivity index (χ1n) is 7.22. The molecule has 6 heteroatoms. The molecule has 1 heterocycles. The van der Waals surface area contributed by atoms with Gasteiger partial charge in [0.2, 0.25) is 5.91 Å². The summed E-state index contributed by atoms with van der Waals surface area (Å²) in [7, 11) is 0. The summed E-state index contributed by atoms with van der Waals surface area (Å²) in [5.74, 6) is -0.474. The number of carbonyl (C=O) groups excluding carboxylic acids is 1. The summed E-state index contributed by atoms with van der Waals surface area (Å²) in [6, 6.07) is 5.34. The Labute approximate surface area is 126 Å². The Morgan fingerprint density at radius 3 is 2.90 bits per heavy atom. The van der Waals surface area contributed by atoms with Crippen LogP contribution in [0.5, 0.6) is 0 Å². The highest BCUT2D eigenvalue weighted by atomic mass is 35.5. The molecule has 21 heavy (non-hydrogen) atoms. The summed E-state index contributed by atoms with van der Waals surface area (Å²) < 4.78 is 6.61. The Bertz CT molecular complexity index is 713. The van der Waals surface area contributed by atoms with E-state index in [1.807, 2.05) is 0 Å². The average Bonchev–Trinajstić information content (AvgIpc) is 3.03. The van der Waals surface area contributed by atoms with Gasteiger partial charge in [0.25, 0.3) is 0 Å². The van der Waals surface area contributed by atoms with Gasteiger partial charge in [0.15, 0.2) is 5.58 Å². The summed E-state index contributed by atoms with van der Waals surface area (Å²) in [6.45, 7) is 0.312. The standard InChI is InChI=1S/C15H17ClN2O3/c16-10-5-6-12-13(9-10)21-15(20)18(12)8-7-14(19)17-11-3-1-2-4-11/h5-6,9,11H,1-4,7-8H2,(H,17,19). The molecule has 1 amide bonds. The van der Waals surface area contributed by atoms with Crippen LogP contribution >= 0.6 is 11.6 Å². The van der Waals surface area contributed by atoms with Crippen molar-refractivity contribution in [2.45, 2.75) is 44.7 Å². The normalized spacial score (nSPS) is 15.7. The molecule has 1 saturated carbocycles. The second kappa shape index (κ2) is 5.93. The summed E-state index contributed by atoms with van der Waals surface area (Å²) in [5.41, 5.74) is 1.11. The zero-order valence-corrected chi connectivity index (χ0v) is 12.4. The number of halogens is 1. The molecule has 0 radical (unpaired) electrons. The smallest absolute Gasteiger partial charge is 0.408 e. The van der Waals surface area contributed by atoms with Crippen molar-refractivity contribution in [3.05, 3.63) is 33.8 Å². The largest absolute Gasteiger partial charge is 0.419 e. The number of nitrogens with one attached hydrogen (secondary N) is 1. The Morgan fingerprint density at radius 2 is 2.14 bits per heavy atom. The van der Waals surface area contributed by atoms with E-state index in [9.17, 15) is 9.59 Å². The minimum Gasteiger partial charge on any atom is -0.408 e. The second-order valence-corrected chi connectivity index (χ2v) is 5.87. The first-order valence-corrected chi connectivity index (χ1v) is 7.59. The highest BCUT2D eigenvalue weighted by Crippen LogP contribution is 2.19. The number of amides is 1. The number of oxazole rings is 1. The van der Waals surface area contributed by atoms with Gasteiger partial charge in [-0.3, -0.25) is 9.36 Å². The number of nitrogens with zero attached hydrogens (tertiary/aromatic N) is 1. The fourth-order valence-corrected chi connectivity index (χ4v) is 3.00. The van der Waals surface area contributed by atoms with Crippen LogP contribution in [0.4, 0.5) is 0 Å². The summed E-state index contributed by atoms with van der Waals surface area (Å²) in [5, 5.41) is 3.53. The van der Waals surface area contributed by atoms with Crippen LogP contribution in [-0.2, 0) is 11.3 Å². The highest BCUT2D eigenvalue weighted by molar-refractivity contribution is 6.31. The molecule has 112 valence electrons. The predicted octanol–water partition coefficient (Wildman–Crippen LogP) is 2.70. The molecular formula is C15H17ClN2O3. The Morgan fingerprint density at radius 1 is 1.38 bits per heavy atom. The minimum atomic E-state index is -0.457. The molecule has 0 spiro atoms. The summed E-state index contributed by atoms with van der Waals surface area (Å²) in [6.07, 6.45) is 4.74. The maximum atomic E-state index is 11.9. The van der Waals surface area contributed by atoms with Crippen molar-refractivity contribution in [2.75, 3.05) is 0 Å². The minimum absolute atomic E-state index is 0.0166. The van der Waals surface area contributed by atoms with Gasteiger partial charge in [-0.2, -0.15) is 0 Å². The quantitative estimate of drug-likeness (QED) is 0.944. The molecule has 1 aromatic heterocycles. The van der Waals surface area contributed by atoms with Crippen molar-refractivity contribution in [1.82, 2.24) is 9.88 Å². The molecule has 2 aromatic rings. The Balaban J connectivity index is 1.68. The highest BCUT2D eigenvalue weighted by Gasteiger charge is 2.17. The number of aromatic nitrogens is 1. The Kier molecular flexibility index (Phi) is 4.01. The van der Waals surface area contributed by atoms with Gasteiger partial charge < -0.3 is 9.73 Å². The van der Waals surface area contributed by atoms with E-state index in [1.54, 1.807) is 18.2 Å². The lowest BCUT2D eigenvalue weighted by Gasteiger charge is -2.11. The van der Waals surface area contributed by atoms with Crippen LogP contribution in [0.2, 0.25) is 5.02 Å². The van der Waals surface area contributed by atoms with Crippen LogP contribution < -0.4 is 11.1 Å². The lowest BCUT2D eigenvalue weighted by molar-refractivity contribution is -0.122. The van der Waals surface area contributed by atoms with Gasteiger partial charge in [0.05, 0.1) is 5.52 Å². The van der Waals surface area contributed by atoms with E-state index in [4.69, 9.17) is 16.0 Å². The van der Waals surface area contributed by atoms with Crippen molar-refractivity contribution in [3.8, 4) is 0 Å². The van der Waals surface area contributed by atoms with E-state index < -0.39 is 5.76 Å². The molecule has 0 bridgehead atoms. The molecule has 1 aliphatic rings.